The summed E-state index contributed by atoms with van der Waals surface area (Å²) in [5.41, 5.74) is 6.39. The number of ether oxygens (including phenoxy) is 1. The van der Waals surface area contributed by atoms with Crippen LogP contribution >= 0.6 is 11.8 Å². The molecule has 0 radical (unpaired) electrons. The second-order valence-electron chi connectivity index (χ2n) is 3.20. The summed E-state index contributed by atoms with van der Waals surface area (Å²) < 4.78 is 10.5. The number of anilines is 1. The highest BCUT2D eigenvalue weighted by Gasteiger charge is 2.10. The molecule has 0 unspecified atom stereocenters. The molecule has 2 rings (SSSR count). The van der Waals surface area contributed by atoms with Crippen LogP contribution in [0.25, 0.3) is 0 Å². The fourth-order valence-electron chi connectivity index (χ4n) is 1.27. The van der Waals surface area contributed by atoms with Crippen molar-refractivity contribution in [2.24, 2.45) is 0 Å². The zero-order valence-electron chi connectivity index (χ0n) is 9.42. The van der Waals surface area contributed by atoms with Crippen molar-refractivity contribution < 1.29 is 9.15 Å². The molecule has 0 spiro atoms. The predicted octanol–water partition coefficient (Wildman–Crippen LogP) is 2.34. The van der Waals surface area contributed by atoms with Crippen LogP contribution in [0.5, 0.6) is 5.88 Å². The van der Waals surface area contributed by atoms with E-state index in [0.29, 0.717) is 29.0 Å². The van der Waals surface area contributed by atoms with Crippen LogP contribution in [-0.2, 0) is 5.75 Å². The predicted molar refractivity (Wildman–Crippen MR) is 65.9 cm³/mol. The summed E-state index contributed by atoms with van der Waals surface area (Å²) in [6.07, 6.45) is 3.09. The van der Waals surface area contributed by atoms with Crippen LogP contribution in [0, 0.1) is 0 Å². The number of aromatic nitrogens is 2. The first kappa shape index (κ1) is 11.8. The van der Waals surface area contributed by atoms with E-state index in [1.54, 1.807) is 6.26 Å². The van der Waals surface area contributed by atoms with Gasteiger partial charge in [0.05, 0.1) is 18.6 Å². The first-order valence-corrected chi connectivity index (χ1v) is 6.18. The second-order valence-corrected chi connectivity index (χ2v) is 4.16. The highest BCUT2D eigenvalue weighted by molar-refractivity contribution is 7.98. The second kappa shape index (κ2) is 5.58. The molecular weight excluding hydrogens is 238 g/mol. The number of furan rings is 1. The molecule has 2 heterocycles. The zero-order chi connectivity index (χ0) is 12.1. The van der Waals surface area contributed by atoms with Gasteiger partial charge in [-0.1, -0.05) is 11.8 Å². The maximum atomic E-state index is 5.91. The largest absolute Gasteiger partial charge is 0.476 e. The van der Waals surface area contributed by atoms with E-state index in [4.69, 9.17) is 14.9 Å². The average Bonchev–Trinajstić information content (AvgIpc) is 2.83. The van der Waals surface area contributed by atoms with Crippen molar-refractivity contribution in [2.75, 3.05) is 12.3 Å². The van der Waals surface area contributed by atoms with Crippen LogP contribution in [0.2, 0.25) is 0 Å². The minimum Gasteiger partial charge on any atom is -0.476 e. The minimum absolute atomic E-state index is 0.435. The number of nitrogens with zero attached hydrogens (tertiary/aromatic N) is 2. The Morgan fingerprint density at radius 2 is 2.35 bits per heavy atom. The summed E-state index contributed by atoms with van der Waals surface area (Å²) in [6.45, 7) is 2.42. The maximum absolute atomic E-state index is 5.91. The molecular formula is C11H13N3O2S. The van der Waals surface area contributed by atoms with Crippen LogP contribution < -0.4 is 10.5 Å². The van der Waals surface area contributed by atoms with Gasteiger partial charge in [-0.25, -0.2) is 4.98 Å². The van der Waals surface area contributed by atoms with E-state index >= 15 is 0 Å². The monoisotopic (exact) mass is 251 g/mol. The molecule has 0 saturated carbocycles. The van der Waals surface area contributed by atoms with Gasteiger partial charge in [-0.15, -0.1) is 0 Å². The van der Waals surface area contributed by atoms with Crippen molar-refractivity contribution in [3.8, 4) is 5.88 Å². The molecule has 6 heteroatoms. The summed E-state index contributed by atoms with van der Waals surface area (Å²) in [5.74, 6) is 2.00. The third-order valence-corrected chi connectivity index (χ3v) is 3.05. The van der Waals surface area contributed by atoms with Gasteiger partial charge < -0.3 is 14.9 Å². The highest BCUT2D eigenvalue weighted by atomic mass is 32.2. The Kier molecular flexibility index (Phi) is 3.87. The molecule has 2 aromatic heterocycles. The molecule has 0 saturated heterocycles. The molecule has 17 heavy (non-hydrogen) atoms. The Bertz CT molecular complexity index is 474. The van der Waals surface area contributed by atoms with Gasteiger partial charge in [0.15, 0.2) is 0 Å². The van der Waals surface area contributed by atoms with Gasteiger partial charge in [0.2, 0.25) is 5.88 Å². The lowest BCUT2D eigenvalue weighted by atomic mass is 10.5. The number of rotatable bonds is 5. The smallest absolute Gasteiger partial charge is 0.241 e. The number of hydrogen-bond donors (Lipinski definition) is 1. The van der Waals surface area contributed by atoms with E-state index < -0.39 is 0 Å². The van der Waals surface area contributed by atoms with Gasteiger partial charge in [-0.05, 0) is 19.1 Å². The maximum Gasteiger partial charge on any atom is 0.241 e. The zero-order valence-corrected chi connectivity index (χ0v) is 10.2. The van der Waals surface area contributed by atoms with E-state index in [2.05, 4.69) is 9.97 Å². The van der Waals surface area contributed by atoms with Crippen LogP contribution in [0.4, 0.5) is 5.69 Å². The van der Waals surface area contributed by atoms with Crippen molar-refractivity contribution >= 4 is 17.4 Å². The topological polar surface area (TPSA) is 74.2 Å². The van der Waals surface area contributed by atoms with Crippen LogP contribution in [-0.4, -0.2) is 16.6 Å². The molecule has 2 aromatic rings. The molecule has 90 valence electrons. The minimum atomic E-state index is 0.435. The van der Waals surface area contributed by atoms with E-state index in [1.807, 2.05) is 19.1 Å². The average molecular weight is 251 g/mol. The molecule has 0 aliphatic heterocycles. The lowest BCUT2D eigenvalue weighted by Crippen LogP contribution is -2.02. The van der Waals surface area contributed by atoms with Crippen LogP contribution in [0.1, 0.15) is 12.7 Å². The Labute approximate surface area is 103 Å². The lowest BCUT2D eigenvalue weighted by molar-refractivity contribution is 0.327. The van der Waals surface area contributed by atoms with Crippen molar-refractivity contribution in [1.29, 1.82) is 0 Å². The van der Waals surface area contributed by atoms with Crippen LogP contribution in [0.3, 0.4) is 0 Å². The van der Waals surface area contributed by atoms with Gasteiger partial charge in [0.1, 0.15) is 22.8 Å². The van der Waals surface area contributed by atoms with E-state index in [9.17, 15) is 0 Å². The normalized spacial score (nSPS) is 10.4. The standard InChI is InChI=1S/C11H13N3O2S/c1-2-15-10-9(12)11(14-7-13-10)17-6-8-4-3-5-16-8/h3-5,7H,2,6,12H2,1H3. The quantitative estimate of drug-likeness (QED) is 0.649. The van der Waals surface area contributed by atoms with Crippen LogP contribution in [0.15, 0.2) is 34.2 Å². The Balaban J connectivity index is 2.07. The molecule has 0 atom stereocenters. The van der Waals surface area contributed by atoms with E-state index in [-0.39, 0.29) is 0 Å². The van der Waals surface area contributed by atoms with Gasteiger partial charge >= 0.3 is 0 Å². The fraction of sp³-hybridized carbons (Fsp3) is 0.273. The summed E-state index contributed by atoms with van der Waals surface area (Å²) in [7, 11) is 0. The van der Waals surface area contributed by atoms with Gasteiger partial charge in [-0.3, -0.25) is 0 Å². The van der Waals surface area contributed by atoms with Gasteiger partial charge in [0, 0.05) is 0 Å². The first-order chi connectivity index (χ1) is 8.31. The number of nitrogens with two attached hydrogens (primary N) is 1. The third kappa shape index (κ3) is 2.91. The molecule has 0 aromatic carbocycles. The molecule has 0 aliphatic rings. The third-order valence-electron chi connectivity index (χ3n) is 2.02. The number of nitrogen functional groups attached to an aromatic ring is 1. The number of hydrogen-bond acceptors (Lipinski definition) is 6. The molecule has 2 N–H and O–H groups in total. The molecule has 0 aliphatic carbocycles. The van der Waals surface area contributed by atoms with Crippen molar-refractivity contribution in [2.45, 2.75) is 17.7 Å². The molecule has 5 nitrogen and oxygen atoms in total. The lowest BCUT2D eigenvalue weighted by Gasteiger charge is -2.07. The van der Waals surface area contributed by atoms with Gasteiger partial charge in [-0.2, -0.15) is 4.98 Å². The van der Waals surface area contributed by atoms with Gasteiger partial charge in [0.25, 0.3) is 0 Å². The first-order valence-electron chi connectivity index (χ1n) is 5.19. The summed E-state index contributed by atoms with van der Waals surface area (Å²) >= 11 is 1.49. The Hall–Kier alpha value is -1.69. The Morgan fingerprint density at radius 3 is 3.06 bits per heavy atom. The molecule has 0 bridgehead atoms. The summed E-state index contributed by atoms with van der Waals surface area (Å²) in [5, 5.41) is 0.708. The van der Waals surface area contributed by atoms with Crippen molar-refractivity contribution in [3.05, 3.63) is 30.5 Å². The molecule has 0 fully saturated rings. The number of thioether (sulfide) groups is 1. The van der Waals surface area contributed by atoms with E-state index in [0.717, 1.165) is 5.76 Å². The Morgan fingerprint density at radius 1 is 1.47 bits per heavy atom. The van der Waals surface area contributed by atoms with E-state index in [1.165, 1.54) is 18.1 Å². The van der Waals surface area contributed by atoms with Crippen molar-refractivity contribution in [3.63, 3.8) is 0 Å². The summed E-state index contributed by atoms with van der Waals surface area (Å²) in [4.78, 5) is 8.10. The SMILES string of the molecule is CCOc1ncnc(SCc2ccco2)c1N. The summed E-state index contributed by atoms with van der Waals surface area (Å²) in [6, 6.07) is 3.76. The van der Waals surface area contributed by atoms with Crippen molar-refractivity contribution in [1.82, 2.24) is 9.97 Å². The fourth-order valence-corrected chi connectivity index (χ4v) is 2.07. The highest BCUT2D eigenvalue weighted by Crippen LogP contribution is 2.30. The molecule has 0 amide bonds.